The number of benzene rings is 2. The molecule has 1 saturated heterocycles. The summed E-state index contributed by atoms with van der Waals surface area (Å²) >= 11 is 0. The van der Waals surface area contributed by atoms with Gasteiger partial charge in [0, 0.05) is 25.2 Å². The summed E-state index contributed by atoms with van der Waals surface area (Å²) < 4.78 is 18.4. The predicted molar refractivity (Wildman–Crippen MR) is 101 cm³/mol. The molecule has 0 saturated carbocycles. The molecule has 146 valence electrons. The van der Waals surface area contributed by atoms with Crippen LogP contribution in [0.1, 0.15) is 27.9 Å². The third-order valence-corrected chi connectivity index (χ3v) is 4.80. The number of methoxy groups -OCH3 is 1. The van der Waals surface area contributed by atoms with Crippen molar-refractivity contribution in [3.05, 3.63) is 65.0 Å². The number of rotatable bonds is 5. The molecule has 0 aromatic heterocycles. The minimum Gasteiger partial charge on any atom is -0.465 e. The Hall–Kier alpha value is -3.22. The second-order valence-corrected chi connectivity index (χ2v) is 6.75. The van der Waals surface area contributed by atoms with E-state index in [1.54, 1.807) is 43.3 Å². The molecule has 0 bridgehead atoms. The number of ether oxygens (including phenoxy) is 1. The predicted octanol–water partition coefficient (Wildman–Crippen LogP) is 2.59. The molecule has 0 spiro atoms. The van der Waals surface area contributed by atoms with Crippen LogP contribution >= 0.6 is 0 Å². The Bertz CT molecular complexity index is 911. The first kappa shape index (κ1) is 19.5. The topological polar surface area (TPSA) is 75.7 Å². The first-order valence-corrected chi connectivity index (χ1v) is 8.90. The van der Waals surface area contributed by atoms with E-state index < -0.39 is 11.9 Å². The Balaban J connectivity index is 1.58. The zero-order valence-corrected chi connectivity index (χ0v) is 15.7. The molecule has 28 heavy (non-hydrogen) atoms. The summed E-state index contributed by atoms with van der Waals surface area (Å²) in [5.41, 5.74) is 2.22. The van der Waals surface area contributed by atoms with Gasteiger partial charge in [-0.05, 0) is 42.3 Å². The van der Waals surface area contributed by atoms with Crippen LogP contribution in [-0.2, 0) is 20.9 Å². The van der Waals surface area contributed by atoms with Crippen LogP contribution in [-0.4, -0.2) is 31.4 Å². The van der Waals surface area contributed by atoms with E-state index in [-0.39, 0.29) is 37.1 Å². The average molecular weight is 384 g/mol. The standard InChI is InChI=1S/C21H21FN2O4/c1-13-3-8-17(10-18(13)22)24-12-16(9-19(24)25)20(26)23-11-14-4-6-15(7-5-14)21(27)28-2/h3-8,10,16H,9,11-12H2,1-2H3,(H,23,26). The van der Waals surface area contributed by atoms with Crippen LogP contribution in [0.4, 0.5) is 10.1 Å². The first-order valence-electron chi connectivity index (χ1n) is 8.90. The second-order valence-electron chi connectivity index (χ2n) is 6.75. The van der Waals surface area contributed by atoms with Gasteiger partial charge in [-0.15, -0.1) is 0 Å². The molecular formula is C21H21FN2O4. The molecule has 1 atom stereocenters. The normalized spacial score (nSPS) is 16.2. The number of nitrogens with one attached hydrogen (secondary N) is 1. The van der Waals surface area contributed by atoms with E-state index in [2.05, 4.69) is 10.1 Å². The van der Waals surface area contributed by atoms with Gasteiger partial charge in [0.2, 0.25) is 11.8 Å². The van der Waals surface area contributed by atoms with Crippen molar-refractivity contribution < 1.29 is 23.5 Å². The second kappa shape index (κ2) is 8.21. The first-order chi connectivity index (χ1) is 13.4. The van der Waals surface area contributed by atoms with Crippen molar-refractivity contribution in [1.29, 1.82) is 0 Å². The van der Waals surface area contributed by atoms with E-state index in [0.717, 1.165) is 5.56 Å². The molecule has 3 rings (SSSR count). The van der Waals surface area contributed by atoms with Crippen molar-refractivity contribution in [3.63, 3.8) is 0 Å². The lowest BCUT2D eigenvalue weighted by Crippen LogP contribution is -2.32. The van der Waals surface area contributed by atoms with Crippen LogP contribution in [0.15, 0.2) is 42.5 Å². The fraction of sp³-hybridized carbons (Fsp3) is 0.286. The van der Waals surface area contributed by atoms with E-state index in [9.17, 15) is 18.8 Å². The highest BCUT2D eigenvalue weighted by Crippen LogP contribution is 2.26. The van der Waals surface area contributed by atoms with Gasteiger partial charge in [-0.2, -0.15) is 0 Å². The summed E-state index contributed by atoms with van der Waals surface area (Å²) in [4.78, 5) is 37.6. The molecule has 2 aromatic carbocycles. The Morgan fingerprint density at radius 3 is 2.57 bits per heavy atom. The summed E-state index contributed by atoms with van der Waals surface area (Å²) in [6.07, 6.45) is 0.0859. The van der Waals surface area contributed by atoms with E-state index in [0.29, 0.717) is 16.8 Å². The van der Waals surface area contributed by atoms with Gasteiger partial charge < -0.3 is 15.0 Å². The molecular weight excluding hydrogens is 363 g/mol. The van der Waals surface area contributed by atoms with Gasteiger partial charge in [-0.25, -0.2) is 9.18 Å². The Labute approximate surface area is 162 Å². The minimum absolute atomic E-state index is 0.0859. The number of nitrogens with zero attached hydrogens (tertiary/aromatic N) is 1. The highest BCUT2D eigenvalue weighted by atomic mass is 19.1. The highest BCUT2D eigenvalue weighted by molar-refractivity contribution is 6.00. The highest BCUT2D eigenvalue weighted by Gasteiger charge is 2.35. The average Bonchev–Trinajstić information content (AvgIpc) is 3.09. The van der Waals surface area contributed by atoms with Crippen LogP contribution in [0.5, 0.6) is 0 Å². The molecule has 1 fully saturated rings. The monoisotopic (exact) mass is 384 g/mol. The number of hydrogen-bond donors (Lipinski definition) is 1. The van der Waals surface area contributed by atoms with Crippen molar-refractivity contribution in [2.75, 3.05) is 18.6 Å². The maximum Gasteiger partial charge on any atom is 0.337 e. The van der Waals surface area contributed by atoms with E-state index in [1.165, 1.54) is 18.1 Å². The number of carbonyl (C=O) groups is 3. The number of aryl methyl sites for hydroxylation is 1. The molecule has 1 heterocycles. The van der Waals surface area contributed by atoms with Crippen molar-refractivity contribution in [1.82, 2.24) is 5.32 Å². The molecule has 1 unspecified atom stereocenters. The number of esters is 1. The molecule has 7 heteroatoms. The van der Waals surface area contributed by atoms with Crippen molar-refractivity contribution in [2.45, 2.75) is 19.9 Å². The molecule has 2 aromatic rings. The van der Waals surface area contributed by atoms with Crippen LogP contribution in [0, 0.1) is 18.7 Å². The molecule has 1 N–H and O–H groups in total. The lowest BCUT2D eigenvalue weighted by molar-refractivity contribution is -0.126. The zero-order valence-electron chi connectivity index (χ0n) is 15.7. The van der Waals surface area contributed by atoms with E-state index >= 15 is 0 Å². The van der Waals surface area contributed by atoms with Gasteiger partial charge in [-0.1, -0.05) is 18.2 Å². The van der Waals surface area contributed by atoms with Crippen molar-refractivity contribution in [2.24, 2.45) is 5.92 Å². The smallest absolute Gasteiger partial charge is 0.337 e. The largest absolute Gasteiger partial charge is 0.465 e. The Morgan fingerprint density at radius 1 is 1.21 bits per heavy atom. The zero-order chi connectivity index (χ0) is 20.3. The summed E-state index contributed by atoms with van der Waals surface area (Å²) in [6.45, 7) is 2.15. The lowest BCUT2D eigenvalue weighted by atomic mass is 10.1. The van der Waals surface area contributed by atoms with Gasteiger partial charge in [0.25, 0.3) is 0 Å². The summed E-state index contributed by atoms with van der Waals surface area (Å²) in [5, 5.41) is 2.81. The van der Waals surface area contributed by atoms with Gasteiger partial charge in [-0.3, -0.25) is 9.59 Å². The van der Waals surface area contributed by atoms with Gasteiger partial charge in [0.15, 0.2) is 0 Å². The van der Waals surface area contributed by atoms with Gasteiger partial charge in [0.05, 0.1) is 18.6 Å². The maximum absolute atomic E-state index is 13.8. The van der Waals surface area contributed by atoms with E-state index in [4.69, 9.17) is 0 Å². The van der Waals surface area contributed by atoms with Crippen molar-refractivity contribution >= 4 is 23.5 Å². The minimum atomic E-state index is -0.494. The maximum atomic E-state index is 13.8. The number of hydrogen-bond acceptors (Lipinski definition) is 4. The molecule has 1 aliphatic rings. The fourth-order valence-electron chi connectivity index (χ4n) is 3.09. The summed E-state index contributed by atoms with van der Waals surface area (Å²) in [5.74, 6) is -1.74. The number of halogens is 1. The summed E-state index contributed by atoms with van der Waals surface area (Å²) in [6, 6.07) is 11.3. The number of anilines is 1. The number of carbonyl (C=O) groups excluding carboxylic acids is 3. The van der Waals surface area contributed by atoms with Crippen LogP contribution in [0.25, 0.3) is 0 Å². The quantitative estimate of drug-likeness (QED) is 0.804. The Morgan fingerprint density at radius 2 is 1.93 bits per heavy atom. The van der Waals surface area contributed by atoms with Crippen LogP contribution in [0.2, 0.25) is 0 Å². The number of amides is 2. The van der Waals surface area contributed by atoms with Crippen molar-refractivity contribution in [3.8, 4) is 0 Å². The summed E-state index contributed by atoms with van der Waals surface area (Å²) in [7, 11) is 1.31. The third-order valence-electron chi connectivity index (χ3n) is 4.80. The fourth-order valence-corrected chi connectivity index (χ4v) is 3.09. The molecule has 6 nitrogen and oxygen atoms in total. The van der Waals surface area contributed by atoms with Gasteiger partial charge >= 0.3 is 5.97 Å². The molecule has 2 amide bonds. The molecule has 1 aliphatic heterocycles. The van der Waals surface area contributed by atoms with Crippen LogP contribution < -0.4 is 10.2 Å². The molecule has 0 aliphatic carbocycles. The SMILES string of the molecule is COC(=O)c1ccc(CNC(=O)C2CC(=O)N(c3ccc(C)c(F)c3)C2)cc1. The molecule has 0 radical (unpaired) electrons. The van der Waals surface area contributed by atoms with Crippen LogP contribution in [0.3, 0.4) is 0 Å². The van der Waals surface area contributed by atoms with E-state index in [1.807, 2.05) is 0 Å². The van der Waals surface area contributed by atoms with Gasteiger partial charge in [0.1, 0.15) is 5.82 Å². The Kier molecular flexibility index (Phi) is 5.73. The third kappa shape index (κ3) is 4.19. The lowest BCUT2D eigenvalue weighted by Gasteiger charge is -2.17.